The molecule has 0 aromatic heterocycles. The molecule has 0 fully saturated rings. The quantitative estimate of drug-likeness (QED) is 0.768. The molecule has 0 spiro atoms. The van der Waals surface area contributed by atoms with Crippen LogP contribution in [0.2, 0.25) is 0 Å². The summed E-state index contributed by atoms with van der Waals surface area (Å²) in [7, 11) is 0. The van der Waals surface area contributed by atoms with E-state index in [2.05, 4.69) is 30.5 Å². The van der Waals surface area contributed by atoms with Crippen molar-refractivity contribution in [2.45, 2.75) is 46.3 Å². The lowest BCUT2D eigenvalue weighted by molar-refractivity contribution is -0.121. The van der Waals surface area contributed by atoms with Gasteiger partial charge in [-0.15, -0.1) is 0 Å². The van der Waals surface area contributed by atoms with Crippen LogP contribution < -0.4 is 10.6 Å². The van der Waals surface area contributed by atoms with Gasteiger partial charge in [-0.2, -0.15) is 0 Å². The molecular weight excluding hydrogens is 252 g/mol. The molecule has 1 aromatic rings. The molecule has 0 aliphatic heterocycles. The number of hydrogen-bond donors (Lipinski definition) is 2. The van der Waals surface area contributed by atoms with E-state index in [4.69, 9.17) is 4.74 Å². The highest BCUT2D eigenvalue weighted by Gasteiger charge is 2.07. The monoisotopic (exact) mass is 278 g/mol. The zero-order chi connectivity index (χ0) is 15.0. The summed E-state index contributed by atoms with van der Waals surface area (Å²) in [6, 6.07) is 8.19. The Bertz CT molecular complexity index is 419. The minimum absolute atomic E-state index is 0.0605. The number of benzene rings is 1. The lowest BCUT2D eigenvalue weighted by Gasteiger charge is -2.15. The summed E-state index contributed by atoms with van der Waals surface area (Å²) in [6.45, 7) is 9.17. The molecule has 0 bridgehead atoms. The van der Waals surface area contributed by atoms with Gasteiger partial charge in [0.2, 0.25) is 5.91 Å². The molecule has 112 valence electrons. The fraction of sp³-hybridized carbons (Fsp3) is 0.562. The van der Waals surface area contributed by atoms with Crippen LogP contribution in [0.3, 0.4) is 0 Å². The van der Waals surface area contributed by atoms with Crippen molar-refractivity contribution in [3.8, 4) is 0 Å². The summed E-state index contributed by atoms with van der Waals surface area (Å²) < 4.78 is 5.28. The van der Waals surface area contributed by atoms with Crippen LogP contribution in [0.15, 0.2) is 24.3 Å². The number of amides is 1. The highest BCUT2D eigenvalue weighted by molar-refractivity contribution is 5.91. The van der Waals surface area contributed by atoms with E-state index in [9.17, 15) is 4.79 Å². The lowest BCUT2D eigenvalue weighted by Crippen LogP contribution is -2.21. The third-order valence-corrected chi connectivity index (χ3v) is 2.92. The van der Waals surface area contributed by atoms with Gasteiger partial charge in [0.15, 0.2) is 0 Å². The standard InChI is InChI=1S/C16H26N2O2/c1-5-9-17-13(4)14-7-6-8-15(10-14)18-16(19)11-20-12(2)3/h6-8,10,12-13,17H,5,9,11H2,1-4H3,(H,18,19). The molecule has 0 aliphatic rings. The highest BCUT2D eigenvalue weighted by atomic mass is 16.5. The third kappa shape index (κ3) is 6.17. The minimum Gasteiger partial charge on any atom is -0.369 e. The van der Waals surface area contributed by atoms with Crippen LogP contribution in [0, 0.1) is 0 Å². The molecule has 0 radical (unpaired) electrons. The number of rotatable bonds is 8. The van der Waals surface area contributed by atoms with Gasteiger partial charge in [-0.1, -0.05) is 19.1 Å². The number of carbonyl (C=O) groups excluding carboxylic acids is 1. The van der Waals surface area contributed by atoms with Crippen LogP contribution in [0.25, 0.3) is 0 Å². The second kappa shape index (κ2) is 8.72. The number of hydrogen-bond acceptors (Lipinski definition) is 3. The average Bonchev–Trinajstić information content (AvgIpc) is 2.42. The Morgan fingerprint density at radius 2 is 2.05 bits per heavy atom. The average molecular weight is 278 g/mol. The summed E-state index contributed by atoms with van der Waals surface area (Å²) in [5, 5.41) is 6.29. The Morgan fingerprint density at radius 3 is 2.70 bits per heavy atom. The van der Waals surface area contributed by atoms with Crippen molar-refractivity contribution < 1.29 is 9.53 Å². The van der Waals surface area contributed by atoms with E-state index in [1.165, 1.54) is 5.56 Å². The van der Waals surface area contributed by atoms with E-state index >= 15 is 0 Å². The van der Waals surface area contributed by atoms with E-state index in [0.717, 1.165) is 18.7 Å². The van der Waals surface area contributed by atoms with Crippen molar-refractivity contribution in [2.24, 2.45) is 0 Å². The largest absolute Gasteiger partial charge is 0.369 e. The van der Waals surface area contributed by atoms with Crippen molar-refractivity contribution in [3.63, 3.8) is 0 Å². The Morgan fingerprint density at radius 1 is 1.30 bits per heavy atom. The Balaban J connectivity index is 2.56. The molecule has 0 saturated carbocycles. The maximum Gasteiger partial charge on any atom is 0.250 e. The van der Waals surface area contributed by atoms with Crippen molar-refractivity contribution in [1.82, 2.24) is 5.32 Å². The van der Waals surface area contributed by atoms with E-state index in [1.807, 2.05) is 32.0 Å². The molecule has 1 aromatic carbocycles. The summed E-state index contributed by atoms with van der Waals surface area (Å²) in [5.41, 5.74) is 1.98. The zero-order valence-electron chi connectivity index (χ0n) is 12.9. The van der Waals surface area contributed by atoms with Gasteiger partial charge in [-0.25, -0.2) is 0 Å². The molecule has 0 heterocycles. The fourth-order valence-corrected chi connectivity index (χ4v) is 1.80. The molecule has 4 heteroatoms. The molecule has 4 nitrogen and oxygen atoms in total. The summed E-state index contributed by atoms with van der Waals surface area (Å²) >= 11 is 0. The van der Waals surface area contributed by atoms with Crippen LogP contribution in [0.1, 0.15) is 45.7 Å². The lowest BCUT2D eigenvalue weighted by atomic mass is 10.1. The SMILES string of the molecule is CCCNC(C)c1cccc(NC(=O)COC(C)C)c1. The topological polar surface area (TPSA) is 50.4 Å². The second-order valence-corrected chi connectivity index (χ2v) is 5.21. The molecule has 0 aliphatic carbocycles. The van der Waals surface area contributed by atoms with Gasteiger partial charge in [-0.3, -0.25) is 4.79 Å². The van der Waals surface area contributed by atoms with Gasteiger partial charge in [0.05, 0.1) is 6.10 Å². The predicted molar refractivity (Wildman–Crippen MR) is 82.9 cm³/mol. The predicted octanol–water partition coefficient (Wildman–Crippen LogP) is 3.11. The van der Waals surface area contributed by atoms with Crippen LogP contribution in [-0.2, 0) is 9.53 Å². The molecule has 0 saturated heterocycles. The zero-order valence-corrected chi connectivity index (χ0v) is 12.9. The summed E-state index contributed by atoms with van der Waals surface area (Å²) in [6.07, 6.45) is 1.16. The van der Waals surface area contributed by atoms with Gasteiger partial charge in [0.1, 0.15) is 6.61 Å². The smallest absolute Gasteiger partial charge is 0.250 e. The van der Waals surface area contributed by atoms with Gasteiger partial charge in [0.25, 0.3) is 0 Å². The van der Waals surface area contributed by atoms with Crippen LogP contribution >= 0.6 is 0 Å². The first-order valence-electron chi connectivity index (χ1n) is 7.27. The Kier molecular flexibility index (Phi) is 7.26. The molecule has 2 N–H and O–H groups in total. The first kappa shape index (κ1) is 16.7. The molecular formula is C16H26N2O2. The fourth-order valence-electron chi connectivity index (χ4n) is 1.80. The van der Waals surface area contributed by atoms with Gasteiger partial charge in [-0.05, 0) is 51.4 Å². The van der Waals surface area contributed by atoms with Crippen molar-refractivity contribution in [1.29, 1.82) is 0 Å². The second-order valence-electron chi connectivity index (χ2n) is 5.21. The molecule has 1 atom stereocenters. The van der Waals surface area contributed by atoms with Crippen LogP contribution in [0.5, 0.6) is 0 Å². The first-order chi connectivity index (χ1) is 9.52. The normalized spacial score (nSPS) is 12.4. The van der Waals surface area contributed by atoms with Gasteiger partial charge < -0.3 is 15.4 Å². The number of anilines is 1. The molecule has 1 unspecified atom stereocenters. The number of carbonyl (C=O) groups is 1. The molecule has 1 rings (SSSR count). The highest BCUT2D eigenvalue weighted by Crippen LogP contribution is 2.17. The van der Waals surface area contributed by atoms with Gasteiger partial charge in [0, 0.05) is 11.7 Å². The Hall–Kier alpha value is -1.39. The van der Waals surface area contributed by atoms with E-state index in [-0.39, 0.29) is 24.7 Å². The minimum atomic E-state index is -0.120. The van der Waals surface area contributed by atoms with Crippen molar-refractivity contribution in [3.05, 3.63) is 29.8 Å². The van der Waals surface area contributed by atoms with E-state index in [0.29, 0.717) is 0 Å². The number of ether oxygens (including phenoxy) is 1. The van der Waals surface area contributed by atoms with Crippen LogP contribution in [-0.4, -0.2) is 25.2 Å². The van der Waals surface area contributed by atoms with E-state index in [1.54, 1.807) is 0 Å². The summed E-state index contributed by atoms with van der Waals surface area (Å²) in [5.74, 6) is -0.120. The van der Waals surface area contributed by atoms with Gasteiger partial charge >= 0.3 is 0 Å². The number of nitrogens with one attached hydrogen (secondary N) is 2. The first-order valence-corrected chi connectivity index (χ1v) is 7.27. The molecule has 20 heavy (non-hydrogen) atoms. The van der Waals surface area contributed by atoms with E-state index < -0.39 is 0 Å². The third-order valence-electron chi connectivity index (χ3n) is 2.92. The molecule has 1 amide bonds. The summed E-state index contributed by atoms with van der Waals surface area (Å²) in [4.78, 5) is 11.7. The maximum atomic E-state index is 11.7. The van der Waals surface area contributed by atoms with Crippen molar-refractivity contribution in [2.75, 3.05) is 18.5 Å². The van der Waals surface area contributed by atoms with Crippen LogP contribution in [0.4, 0.5) is 5.69 Å². The maximum absolute atomic E-state index is 11.7. The van der Waals surface area contributed by atoms with Crippen molar-refractivity contribution >= 4 is 11.6 Å². The Labute approximate surface area is 121 Å².